The van der Waals surface area contributed by atoms with Crippen LogP contribution in [-0.2, 0) is 6.54 Å². The molecule has 1 heterocycles. The first-order valence-corrected chi connectivity index (χ1v) is 6.54. The van der Waals surface area contributed by atoms with Crippen molar-refractivity contribution in [2.75, 3.05) is 6.54 Å². The minimum atomic E-state index is 0.345. The van der Waals surface area contributed by atoms with E-state index in [0.29, 0.717) is 6.04 Å². The molecule has 1 rings (SSSR count). The number of nitrogens with two attached hydrogens (primary N) is 1. The highest BCUT2D eigenvalue weighted by molar-refractivity contribution is 9.11. The summed E-state index contributed by atoms with van der Waals surface area (Å²) in [6, 6.07) is 4.57. The van der Waals surface area contributed by atoms with E-state index in [4.69, 9.17) is 5.73 Å². The van der Waals surface area contributed by atoms with E-state index in [1.54, 1.807) is 11.3 Å². The monoisotopic (exact) mass is 276 g/mol. The smallest absolute Gasteiger partial charge is 0.0701 e. The maximum absolute atomic E-state index is 5.81. The number of rotatable bonds is 6. The molecule has 1 aromatic rings. The highest BCUT2D eigenvalue weighted by atomic mass is 79.9. The molecule has 0 radical (unpaired) electrons. The van der Waals surface area contributed by atoms with Gasteiger partial charge >= 0.3 is 0 Å². The number of hydrogen-bond acceptors (Lipinski definition) is 3. The van der Waals surface area contributed by atoms with Gasteiger partial charge < -0.3 is 11.1 Å². The van der Waals surface area contributed by atoms with E-state index >= 15 is 0 Å². The lowest BCUT2D eigenvalue weighted by Crippen LogP contribution is -2.25. The van der Waals surface area contributed by atoms with Gasteiger partial charge in [-0.25, -0.2) is 0 Å². The first-order valence-electron chi connectivity index (χ1n) is 4.93. The number of hydrogen-bond donors (Lipinski definition) is 2. The van der Waals surface area contributed by atoms with Crippen molar-refractivity contribution in [2.24, 2.45) is 5.73 Å². The van der Waals surface area contributed by atoms with E-state index in [1.807, 2.05) is 0 Å². The van der Waals surface area contributed by atoms with Gasteiger partial charge in [0.1, 0.15) is 0 Å². The second-order valence-electron chi connectivity index (χ2n) is 3.34. The fraction of sp³-hybridized carbons (Fsp3) is 0.600. The molecule has 4 heteroatoms. The van der Waals surface area contributed by atoms with Gasteiger partial charge in [0, 0.05) is 17.5 Å². The Morgan fingerprint density at radius 3 is 2.93 bits per heavy atom. The van der Waals surface area contributed by atoms with Crippen LogP contribution in [0.3, 0.4) is 0 Å². The van der Waals surface area contributed by atoms with Crippen LogP contribution in [0, 0.1) is 0 Å². The Balaban J connectivity index is 2.10. The molecule has 0 aliphatic heterocycles. The Labute approximate surface area is 98.0 Å². The van der Waals surface area contributed by atoms with Crippen LogP contribution in [0.25, 0.3) is 0 Å². The van der Waals surface area contributed by atoms with Gasteiger partial charge in [-0.05, 0) is 47.4 Å². The van der Waals surface area contributed by atoms with Crippen molar-refractivity contribution in [3.8, 4) is 0 Å². The van der Waals surface area contributed by atoms with E-state index in [1.165, 1.54) is 8.66 Å². The Hall–Kier alpha value is 0.1000. The van der Waals surface area contributed by atoms with Gasteiger partial charge in [-0.2, -0.15) is 0 Å². The quantitative estimate of drug-likeness (QED) is 0.785. The van der Waals surface area contributed by atoms with Crippen LogP contribution in [0.15, 0.2) is 15.9 Å². The molecule has 0 aliphatic rings. The minimum Gasteiger partial charge on any atom is -0.328 e. The summed E-state index contributed by atoms with van der Waals surface area (Å²) in [5.41, 5.74) is 5.81. The third-order valence-corrected chi connectivity index (χ3v) is 3.77. The molecule has 2 nitrogen and oxygen atoms in total. The topological polar surface area (TPSA) is 38.0 Å². The Morgan fingerprint density at radius 1 is 1.57 bits per heavy atom. The van der Waals surface area contributed by atoms with Crippen LogP contribution in [0.2, 0.25) is 0 Å². The summed E-state index contributed by atoms with van der Waals surface area (Å²) in [4.78, 5) is 1.36. The summed E-state index contributed by atoms with van der Waals surface area (Å²) in [5, 5.41) is 3.39. The third kappa shape index (κ3) is 4.55. The SMILES string of the molecule is CCC(N)CCNCc1ccc(Br)s1. The van der Waals surface area contributed by atoms with Crippen molar-refractivity contribution in [2.45, 2.75) is 32.4 Å². The van der Waals surface area contributed by atoms with Crippen LogP contribution in [0.5, 0.6) is 0 Å². The summed E-state index contributed by atoms with van der Waals surface area (Å²) in [5.74, 6) is 0. The van der Waals surface area contributed by atoms with E-state index in [-0.39, 0.29) is 0 Å². The zero-order chi connectivity index (χ0) is 10.4. The summed E-state index contributed by atoms with van der Waals surface area (Å²) < 4.78 is 1.19. The first-order chi connectivity index (χ1) is 6.72. The minimum absolute atomic E-state index is 0.345. The third-order valence-electron chi connectivity index (χ3n) is 2.14. The highest BCUT2D eigenvalue weighted by Crippen LogP contribution is 2.21. The van der Waals surface area contributed by atoms with Crippen molar-refractivity contribution >= 4 is 27.3 Å². The Bertz CT molecular complexity index is 262. The zero-order valence-electron chi connectivity index (χ0n) is 8.42. The molecule has 80 valence electrons. The molecular formula is C10H17BrN2S. The molecule has 1 unspecified atom stereocenters. The molecular weight excluding hydrogens is 260 g/mol. The lowest BCUT2D eigenvalue weighted by molar-refractivity contribution is 0.551. The summed E-state index contributed by atoms with van der Waals surface area (Å²) in [6.45, 7) is 4.08. The first kappa shape index (κ1) is 12.2. The molecule has 0 spiro atoms. The number of halogens is 1. The van der Waals surface area contributed by atoms with Crippen LogP contribution in [0.1, 0.15) is 24.6 Å². The molecule has 14 heavy (non-hydrogen) atoms. The molecule has 0 fully saturated rings. The molecule has 0 saturated carbocycles. The van der Waals surface area contributed by atoms with Gasteiger partial charge in [-0.3, -0.25) is 0 Å². The second kappa shape index (κ2) is 6.56. The molecule has 0 aromatic carbocycles. The molecule has 0 saturated heterocycles. The van der Waals surface area contributed by atoms with Crippen LogP contribution < -0.4 is 11.1 Å². The van der Waals surface area contributed by atoms with Gasteiger partial charge in [0.2, 0.25) is 0 Å². The molecule has 3 N–H and O–H groups in total. The van der Waals surface area contributed by atoms with Crippen LogP contribution in [-0.4, -0.2) is 12.6 Å². The fourth-order valence-corrected chi connectivity index (χ4v) is 2.60. The largest absolute Gasteiger partial charge is 0.328 e. The van der Waals surface area contributed by atoms with Gasteiger partial charge in [0.15, 0.2) is 0 Å². The Morgan fingerprint density at radius 2 is 2.36 bits per heavy atom. The van der Waals surface area contributed by atoms with E-state index in [9.17, 15) is 0 Å². The predicted molar refractivity (Wildman–Crippen MR) is 66.6 cm³/mol. The molecule has 0 amide bonds. The van der Waals surface area contributed by atoms with Crippen LogP contribution >= 0.6 is 27.3 Å². The lowest BCUT2D eigenvalue weighted by Gasteiger charge is -2.08. The van der Waals surface area contributed by atoms with E-state index < -0.39 is 0 Å². The maximum Gasteiger partial charge on any atom is 0.0701 e. The molecule has 0 bridgehead atoms. The van der Waals surface area contributed by atoms with Crippen molar-refractivity contribution in [3.05, 3.63) is 20.8 Å². The second-order valence-corrected chi connectivity index (χ2v) is 5.89. The molecule has 0 aliphatic carbocycles. The summed E-state index contributed by atoms with van der Waals surface area (Å²) in [7, 11) is 0. The lowest BCUT2D eigenvalue weighted by atomic mass is 10.2. The van der Waals surface area contributed by atoms with Gasteiger partial charge in [0.05, 0.1) is 3.79 Å². The average Bonchev–Trinajstić information content (AvgIpc) is 2.58. The number of thiophene rings is 1. The van der Waals surface area contributed by atoms with Gasteiger partial charge in [0.25, 0.3) is 0 Å². The summed E-state index contributed by atoms with van der Waals surface area (Å²) >= 11 is 5.22. The van der Waals surface area contributed by atoms with Gasteiger partial charge in [-0.15, -0.1) is 11.3 Å². The van der Waals surface area contributed by atoms with Crippen molar-refractivity contribution in [1.29, 1.82) is 0 Å². The van der Waals surface area contributed by atoms with E-state index in [2.05, 4.69) is 40.3 Å². The summed E-state index contributed by atoms with van der Waals surface area (Å²) in [6.07, 6.45) is 2.12. The maximum atomic E-state index is 5.81. The standard InChI is InChI=1S/C10H17BrN2S/c1-2-8(12)5-6-13-7-9-3-4-10(11)14-9/h3-4,8,13H,2,5-7,12H2,1H3. The normalized spacial score (nSPS) is 13.1. The molecule has 1 atom stereocenters. The molecule has 1 aromatic heterocycles. The van der Waals surface area contributed by atoms with Crippen molar-refractivity contribution in [1.82, 2.24) is 5.32 Å². The van der Waals surface area contributed by atoms with Crippen molar-refractivity contribution in [3.63, 3.8) is 0 Å². The number of nitrogens with one attached hydrogen (secondary N) is 1. The zero-order valence-corrected chi connectivity index (χ0v) is 10.8. The van der Waals surface area contributed by atoms with E-state index in [0.717, 1.165) is 25.9 Å². The Kier molecular flexibility index (Phi) is 5.70. The average molecular weight is 277 g/mol. The van der Waals surface area contributed by atoms with Crippen molar-refractivity contribution < 1.29 is 0 Å². The van der Waals surface area contributed by atoms with Gasteiger partial charge in [-0.1, -0.05) is 6.92 Å². The fourth-order valence-electron chi connectivity index (χ4n) is 1.15. The predicted octanol–water partition coefficient (Wildman–Crippen LogP) is 2.73. The van der Waals surface area contributed by atoms with Crippen LogP contribution in [0.4, 0.5) is 0 Å². The highest BCUT2D eigenvalue weighted by Gasteiger charge is 1.99.